The van der Waals surface area contributed by atoms with Gasteiger partial charge in [-0.2, -0.15) is 13.2 Å². The molecule has 0 saturated heterocycles. The molecule has 0 amide bonds. The molecule has 0 radical (unpaired) electrons. The number of alkyl halides is 3. The molecule has 0 spiro atoms. The van der Waals surface area contributed by atoms with E-state index in [0.29, 0.717) is 12.0 Å². The van der Waals surface area contributed by atoms with Crippen LogP contribution in [0.1, 0.15) is 32.5 Å². The summed E-state index contributed by atoms with van der Waals surface area (Å²) in [5.74, 6) is 0. The molecule has 0 aliphatic heterocycles. The first-order chi connectivity index (χ1) is 9.27. The van der Waals surface area contributed by atoms with Gasteiger partial charge in [0.1, 0.15) is 0 Å². The van der Waals surface area contributed by atoms with E-state index >= 15 is 0 Å². The third-order valence-corrected chi connectivity index (χ3v) is 4.48. The molecule has 1 unspecified atom stereocenters. The first-order valence-corrected chi connectivity index (χ1v) is 7.00. The molecule has 0 saturated carbocycles. The molecule has 20 heavy (non-hydrogen) atoms. The van der Waals surface area contributed by atoms with Crippen LogP contribution in [0.25, 0.3) is 0 Å². The highest BCUT2D eigenvalue weighted by Gasteiger charge is 2.30. The fourth-order valence-electron chi connectivity index (χ4n) is 1.92. The molecule has 1 nitrogen and oxygen atoms in total. The highest BCUT2D eigenvalue weighted by molar-refractivity contribution is 7.12. The summed E-state index contributed by atoms with van der Waals surface area (Å²) in [7, 11) is 0. The smallest absolute Gasteiger partial charge is 0.387 e. The van der Waals surface area contributed by atoms with Crippen LogP contribution in [0.4, 0.5) is 13.2 Å². The summed E-state index contributed by atoms with van der Waals surface area (Å²) in [4.78, 5) is 1.99. The first-order valence-electron chi connectivity index (χ1n) is 6.18. The van der Waals surface area contributed by atoms with Crippen molar-refractivity contribution in [3.05, 3.63) is 56.8 Å². The minimum Gasteiger partial charge on any atom is -0.387 e. The lowest BCUT2D eigenvalue weighted by Gasteiger charge is -2.10. The number of benzene rings is 1. The van der Waals surface area contributed by atoms with Crippen molar-refractivity contribution in [3.63, 3.8) is 0 Å². The minimum atomic E-state index is -4.32. The average molecular weight is 300 g/mol. The summed E-state index contributed by atoms with van der Waals surface area (Å²) in [6, 6.07) is 6.85. The third kappa shape index (κ3) is 3.41. The predicted molar refractivity (Wildman–Crippen MR) is 73.9 cm³/mol. The Morgan fingerprint density at radius 3 is 2.20 bits per heavy atom. The van der Waals surface area contributed by atoms with Gasteiger partial charge in [0.05, 0.1) is 11.7 Å². The Morgan fingerprint density at radius 2 is 1.75 bits per heavy atom. The van der Waals surface area contributed by atoms with Gasteiger partial charge < -0.3 is 5.11 Å². The number of hydrogen-bond donors (Lipinski definition) is 1. The van der Waals surface area contributed by atoms with Crippen LogP contribution >= 0.6 is 11.3 Å². The second kappa shape index (κ2) is 5.58. The quantitative estimate of drug-likeness (QED) is 0.874. The van der Waals surface area contributed by atoms with Crippen molar-refractivity contribution in [2.75, 3.05) is 0 Å². The number of rotatable bonds is 3. The number of halogens is 3. The Kier molecular flexibility index (Phi) is 4.20. The lowest BCUT2D eigenvalue weighted by molar-refractivity contribution is -0.137. The van der Waals surface area contributed by atoms with Gasteiger partial charge in [0, 0.05) is 16.2 Å². The van der Waals surface area contributed by atoms with Gasteiger partial charge in [-0.05, 0) is 43.2 Å². The minimum absolute atomic E-state index is 0.317. The van der Waals surface area contributed by atoms with Crippen LogP contribution in [-0.2, 0) is 12.6 Å². The van der Waals surface area contributed by atoms with Crippen molar-refractivity contribution in [2.24, 2.45) is 0 Å². The normalized spacial score (nSPS) is 13.5. The van der Waals surface area contributed by atoms with Crippen molar-refractivity contribution in [1.82, 2.24) is 0 Å². The average Bonchev–Trinajstić information content (AvgIpc) is 2.69. The Bertz CT molecular complexity index is 565. The summed E-state index contributed by atoms with van der Waals surface area (Å²) in [6.07, 6.45) is -4.68. The topological polar surface area (TPSA) is 20.2 Å². The summed E-state index contributed by atoms with van der Waals surface area (Å²) >= 11 is 1.52. The molecule has 1 heterocycles. The highest BCUT2D eigenvalue weighted by atomic mass is 32.1. The second-order valence-corrected chi connectivity index (χ2v) is 6.09. The molecule has 2 rings (SSSR count). The zero-order valence-corrected chi connectivity index (χ0v) is 12.0. The van der Waals surface area contributed by atoms with Gasteiger partial charge in [0.15, 0.2) is 0 Å². The van der Waals surface area contributed by atoms with Crippen LogP contribution < -0.4 is 0 Å². The molecule has 1 aromatic carbocycles. The fourth-order valence-corrected chi connectivity index (χ4v) is 2.95. The summed E-state index contributed by atoms with van der Waals surface area (Å²) < 4.78 is 37.3. The second-order valence-electron chi connectivity index (χ2n) is 4.80. The van der Waals surface area contributed by atoms with Gasteiger partial charge >= 0.3 is 6.18 Å². The highest BCUT2D eigenvalue weighted by Crippen LogP contribution is 2.31. The molecule has 2 aromatic rings. The maximum atomic E-state index is 12.4. The lowest BCUT2D eigenvalue weighted by Crippen LogP contribution is -2.05. The van der Waals surface area contributed by atoms with Crippen LogP contribution in [0.3, 0.4) is 0 Å². The molecular formula is C15H15F3OS. The number of thiophene rings is 1. The van der Waals surface area contributed by atoms with E-state index in [0.717, 1.165) is 27.5 Å². The number of hydrogen-bond acceptors (Lipinski definition) is 2. The summed E-state index contributed by atoms with van der Waals surface area (Å²) in [5, 5.41) is 10.1. The largest absolute Gasteiger partial charge is 0.416 e. The molecular weight excluding hydrogens is 285 g/mol. The SMILES string of the molecule is Cc1cc(C(O)Cc2ccc(C(F)(F)F)cc2)sc1C. The number of aliphatic hydroxyl groups is 1. The Hall–Kier alpha value is -1.33. The zero-order chi connectivity index (χ0) is 14.9. The van der Waals surface area contributed by atoms with Crippen molar-refractivity contribution in [3.8, 4) is 0 Å². The van der Waals surface area contributed by atoms with Crippen LogP contribution in [0.5, 0.6) is 0 Å². The lowest BCUT2D eigenvalue weighted by atomic mass is 10.0. The Morgan fingerprint density at radius 1 is 1.15 bits per heavy atom. The number of aliphatic hydroxyl groups excluding tert-OH is 1. The van der Waals surface area contributed by atoms with Crippen molar-refractivity contribution >= 4 is 11.3 Å². The van der Waals surface area contributed by atoms with Crippen LogP contribution in [0.15, 0.2) is 30.3 Å². The third-order valence-electron chi connectivity index (χ3n) is 3.22. The maximum absolute atomic E-state index is 12.4. The molecule has 0 aliphatic rings. The maximum Gasteiger partial charge on any atom is 0.416 e. The van der Waals surface area contributed by atoms with E-state index in [9.17, 15) is 18.3 Å². The van der Waals surface area contributed by atoms with Gasteiger partial charge in [0.25, 0.3) is 0 Å². The molecule has 0 fully saturated rings. The van der Waals surface area contributed by atoms with E-state index < -0.39 is 17.8 Å². The fraction of sp³-hybridized carbons (Fsp3) is 0.333. The van der Waals surface area contributed by atoms with E-state index in [2.05, 4.69) is 0 Å². The van der Waals surface area contributed by atoms with E-state index in [1.165, 1.54) is 23.5 Å². The molecule has 5 heteroatoms. The predicted octanol–water partition coefficient (Wildman–Crippen LogP) is 4.66. The first kappa shape index (κ1) is 15.1. The zero-order valence-electron chi connectivity index (χ0n) is 11.2. The van der Waals surface area contributed by atoms with Crippen LogP contribution in [0.2, 0.25) is 0 Å². The molecule has 1 aromatic heterocycles. The van der Waals surface area contributed by atoms with Gasteiger partial charge in [-0.3, -0.25) is 0 Å². The van der Waals surface area contributed by atoms with E-state index in [4.69, 9.17) is 0 Å². The van der Waals surface area contributed by atoms with E-state index in [-0.39, 0.29) is 0 Å². The molecule has 1 N–H and O–H groups in total. The number of aryl methyl sites for hydroxylation is 2. The van der Waals surface area contributed by atoms with Crippen molar-refractivity contribution in [1.29, 1.82) is 0 Å². The van der Waals surface area contributed by atoms with Gasteiger partial charge in [-0.1, -0.05) is 12.1 Å². The molecule has 0 bridgehead atoms. The Labute approximate surface area is 119 Å². The summed E-state index contributed by atoms with van der Waals surface area (Å²) in [5.41, 5.74) is 1.14. The Balaban J connectivity index is 2.10. The van der Waals surface area contributed by atoms with Gasteiger partial charge in [-0.15, -0.1) is 11.3 Å². The molecule has 1 atom stereocenters. The summed E-state index contributed by atoms with van der Waals surface area (Å²) in [6.45, 7) is 3.95. The van der Waals surface area contributed by atoms with Crippen molar-refractivity contribution < 1.29 is 18.3 Å². The van der Waals surface area contributed by atoms with Crippen molar-refractivity contribution in [2.45, 2.75) is 32.5 Å². The standard InChI is InChI=1S/C15H15F3OS/c1-9-7-14(20-10(9)2)13(19)8-11-3-5-12(6-4-11)15(16,17)18/h3-7,13,19H,8H2,1-2H3. The van der Waals surface area contributed by atoms with Crippen LogP contribution in [0, 0.1) is 13.8 Å². The van der Waals surface area contributed by atoms with E-state index in [1.807, 2.05) is 19.9 Å². The monoisotopic (exact) mass is 300 g/mol. The van der Waals surface area contributed by atoms with Gasteiger partial charge in [0.2, 0.25) is 0 Å². The van der Waals surface area contributed by atoms with Crippen LogP contribution in [-0.4, -0.2) is 5.11 Å². The van der Waals surface area contributed by atoms with Gasteiger partial charge in [-0.25, -0.2) is 0 Å². The van der Waals surface area contributed by atoms with E-state index in [1.54, 1.807) is 0 Å². The molecule has 108 valence electrons. The molecule has 0 aliphatic carbocycles.